The average Bonchev–Trinajstić information content (AvgIpc) is 3.23. The Hall–Kier alpha value is -2.74. The van der Waals surface area contributed by atoms with Crippen LogP contribution in [-0.4, -0.2) is 30.9 Å². The molecule has 122 valence electrons. The fourth-order valence-corrected chi connectivity index (χ4v) is 3.20. The number of fused-ring (bicyclic) bond motifs is 1. The first-order chi connectivity index (χ1) is 11.7. The van der Waals surface area contributed by atoms with Crippen molar-refractivity contribution in [3.8, 4) is 11.3 Å². The van der Waals surface area contributed by atoms with Crippen molar-refractivity contribution >= 4 is 21.4 Å². The first kappa shape index (κ1) is 14.8. The summed E-state index contributed by atoms with van der Waals surface area (Å²) >= 11 is 1.48. The van der Waals surface area contributed by atoms with E-state index in [2.05, 4.69) is 20.5 Å². The van der Waals surface area contributed by atoms with Gasteiger partial charge in [0.15, 0.2) is 0 Å². The lowest BCUT2D eigenvalue weighted by Crippen LogP contribution is -2.10. The predicted molar refractivity (Wildman–Crippen MR) is 91.7 cm³/mol. The van der Waals surface area contributed by atoms with Crippen LogP contribution in [0.15, 0.2) is 42.9 Å². The summed E-state index contributed by atoms with van der Waals surface area (Å²) in [4.78, 5) is 5.34. The topological polar surface area (TPSA) is 60.0 Å². The molecule has 4 rings (SSSR count). The zero-order valence-corrected chi connectivity index (χ0v) is 13.8. The first-order valence-corrected chi connectivity index (χ1v) is 8.34. The van der Waals surface area contributed by atoms with E-state index in [9.17, 15) is 4.39 Å². The van der Waals surface area contributed by atoms with Crippen molar-refractivity contribution < 1.29 is 4.39 Å². The van der Waals surface area contributed by atoms with Gasteiger partial charge in [0.2, 0.25) is 10.1 Å². The lowest BCUT2D eigenvalue weighted by atomic mass is 10.2. The molecule has 0 saturated carbocycles. The van der Waals surface area contributed by atoms with Crippen LogP contribution in [0.2, 0.25) is 0 Å². The van der Waals surface area contributed by atoms with Crippen LogP contribution < -0.4 is 5.32 Å². The monoisotopic (exact) mass is 342 g/mol. The molecule has 6 nitrogen and oxygen atoms in total. The SMILES string of the molecule is Cc1cnn(CCNc2nn3cc(-c4ccc(F)cc4)nc3s2)c1. The van der Waals surface area contributed by atoms with E-state index in [1.165, 1.54) is 23.5 Å². The van der Waals surface area contributed by atoms with Gasteiger partial charge in [0.25, 0.3) is 0 Å². The molecule has 0 bridgehead atoms. The third kappa shape index (κ3) is 3.00. The van der Waals surface area contributed by atoms with E-state index in [1.807, 2.05) is 30.2 Å². The van der Waals surface area contributed by atoms with E-state index in [-0.39, 0.29) is 5.82 Å². The highest BCUT2D eigenvalue weighted by Gasteiger charge is 2.09. The summed E-state index contributed by atoms with van der Waals surface area (Å²) in [5.74, 6) is -0.253. The van der Waals surface area contributed by atoms with Gasteiger partial charge in [-0.25, -0.2) is 13.9 Å². The van der Waals surface area contributed by atoms with E-state index in [1.54, 1.807) is 16.6 Å². The number of nitrogens with zero attached hydrogens (tertiary/aromatic N) is 5. The van der Waals surface area contributed by atoms with Crippen LogP contribution in [0.3, 0.4) is 0 Å². The number of nitrogens with one attached hydrogen (secondary N) is 1. The van der Waals surface area contributed by atoms with Crippen molar-refractivity contribution in [2.24, 2.45) is 0 Å². The second kappa shape index (κ2) is 6.04. The molecule has 3 aromatic heterocycles. The Labute approximate surface area is 141 Å². The molecule has 0 aliphatic heterocycles. The highest BCUT2D eigenvalue weighted by atomic mass is 32.1. The van der Waals surface area contributed by atoms with Gasteiger partial charge in [-0.05, 0) is 36.8 Å². The van der Waals surface area contributed by atoms with Crippen molar-refractivity contribution in [3.63, 3.8) is 0 Å². The van der Waals surface area contributed by atoms with Gasteiger partial charge in [0.05, 0.1) is 24.6 Å². The Morgan fingerprint density at radius 1 is 1.21 bits per heavy atom. The van der Waals surface area contributed by atoms with E-state index in [0.29, 0.717) is 0 Å². The Kier molecular flexibility index (Phi) is 3.73. The summed E-state index contributed by atoms with van der Waals surface area (Å²) in [6, 6.07) is 6.29. The van der Waals surface area contributed by atoms with Crippen LogP contribution in [0.25, 0.3) is 16.2 Å². The minimum atomic E-state index is -0.253. The third-order valence-electron chi connectivity index (χ3n) is 3.56. The highest BCUT2D eigenvalue weighted by molar-refractivity contribution is 7.20. The van der Waals surface area contributed by atoms with Gasteiger partial charge in [0.1, 0.15) is 5.82 Å². The molecule has 0 spiro atoms. The van der Waals surface area contributed by atoms with E-state index in [0.717, 1.165) is 40.0 Å². The van der Waals surface area contributed by atoms with Crippen LogP contribution in [0, 0.1) is 12.7 Å². The number of imidazole rings is 1. The predicted octanol–water partition coefficient (Wildman–Crippen LogP) is 3.21. The summed E-state index contributed by atoms with van der Waals surface area (Å²) in [5.41, 5.74) is 2.81. The molecule has 8 heteroatoms. The Morgan fingerprint density at radius 2 is 2.04 bits per heavy atom. The van der Waals surface area contributed by atoms with Gasteiger partial charge in [-0.1, -0.05) is 11.3 Å². The highest BCUT2D eigenvalue weighted by Crippen LogP contribution is 2.24. The van der Waals surface area contributed by atoms with Gasteiger partial charge >= 0.3 is 0 Å². The summed E-state index contributed by atoms with van der Waals surface area (Å²) in [6.45, 7) is 3.53. The summed E-state index contributed by atoms with van der Waals surface area (Å²) in [5, 5.41) is 12.8. The van der Waals surface area contributed by atoms with Gasteiger partial charge < -0.3 is 5.32 Å². The van der Waals surface area contributed by atoms with Gasteiger partial charge in [-0.3, -0.25) is 4.68 Å². The number of hydrogen-bond acceptors (Lipinski definition) is 5. The number of hydrogen-bond donors (Lipinski definition) is 1. The maximum absolute atomic E-state index is 13.0. The molecule has 1 aromatic carbocycles. The molecule has 0 amide bonds. The van der Waals surface area contributed by atoms with Gasteiger partial charge in [-0.15, -0.1) is 5.10 Å². The molecular weight excluding hydrogens is 327 g/mol. The molecule has 4 aromatic rings. The molecule has 0 unspecified atom stereocenters. The number of aromatic nitrogens is 5. The van der Waals surface area contributed by atoms with Crippen LogP contribution in [0.1, 0.15) is 5.56 Å². The standard InChI is InChI=1S/C16H15FN6S/c1-11-8-19-22(9-11)7-6-18-15-21-23-10-14(20-16(23)24-15)12-2-4-13(17)5-3-12/h2-5,8-10H,6-7H2,1H3,(H,18,21). The molecule has 0 radical (unpaired) electrons. The molecule has 3 heterocycles. The molecule has 0 aliphatic carbocycles. The van der Waals surface area contributed by atoms with Gasteiger partial charge in [-0.2, -0.15) is 5.10 Å². The van der Waals surface area contributed by atoms with Crippen molar-refractivity contribution in [3.05, 3.63) is 54.2 Å². The van der Waals surface area contributed by atoms with E-state index >= 15 is 0 Å². The smallest absolute Gasteiger partial charge is 0.214 e. The average molecular weight is 342 g/mol. The lowest BCUT2D eigenvalue weighted by molar-refractivity contribution is 0.628. The number of aryl methyl sites for hydroxylation is 1. The first-order valence-electron chi connectivity index (χ1n) is 7.52. The number of anilines is 1. The van der Waals surface area contributed by atoms with Gasteiger partial charge in [0, 0.05) is 18.3 Å². The Morgan fingerprint density at radius 3 is 2.75 bits per heavy atom. The molecule has 0 saturated heterocycles. The van der Waals surface area contributed by atoms with Crippen LogP contribution in [0.4, 0.5) is 9.52 Å². The van der Waals surface area contributed by atoms with Crippen LogP contribution in [0.5, 0.6) is 0 Å². The van der Waals surface area contributed by atoms with Crippen molar-refractivity contribution in [1.29, 1.82) is 0 Å². The number of benzene rings is 1. The maximum Gasteiger partial charge on any atom is 0.214 e. The second-order valence-corrected chi connectivity index (χ2v) is 6.43. The van der Waals surface area contributed by atoms with E-state index < -0.39 is 0 Å². The largest absolute Gasteiger partial charge is 0.358 e. The van der Waals surface area contributed by atoms with Crippen molar-refractivity contribution in [1.82, 2.24) is 24.4 Å². The minimum absolute atomic E-state index is 0.253. The normalized spacial score (nSPS) is 11.2. The van der Waals surface area contributed by atoms with E-state index in [4.69, 9.17) is 0 Å². The molecule has 0 aliphatic rings. The molecule has 1 N–H and O–H groups in total. The minimum Gasteiger partial charge on any atom is -0.358 e. The lowest BCUT2D eigenvalue weighted by Gasteiger charge is -2.02. The quantitative estimate of drug-likeness (QED) is 0.605. The molecule has 24 heavy (non-hydrogen) atoms. The third-order valence-corrected chi connectivity index (χ3v) is 4.44. The molecule has 0 atom stereocenters. The molecular formula is C16H15FN6S. The number of halogens is 1. The van der Waals surface area contributed by atoms with Crippen LogP contribution >= 0.6 is 11.3 Å². The number of rotatable bonds is 5. The zero-order chi connectivity index (χ0) is 16.5. The fraction of sp³-hybridized carbons (Fsp3) is 0.188. The molecule has 0 fully saturated rings. The Bertz CT molecular complexity index is 937. The maximum atomic E-state index is 13.0. The van der Waals surface area contributed by atoms with Crippen LogP contribution in [-0.2, 0) is 6.54 Å². The van der Waals surface area contributed by atoms with Crippen molar-refractivity contribution in [2.45, 2.75) is 13.5 Å². The summed E-state index contributed by atoms with van der Waals surface area (Å²) in [6.07, 6.45) is 5.70. The summed E-state index contributed by atoms with van der Waals surface area (Å²) < 4.78 is 16.6. The zero-order valence-electron chi connectivity index (χ0n) is 13.0. The second-order valence-electron chi connectivity index (χ2n) is 5.47. The summed E-state index contributed by atoms with van der Waals surface area (Å²) in [7, 11) is 0. The fourth-order valence-electron chi connectivity index (χ4n) is 2.40. The Balaban J connectivity index is 1.44. The van der Waals surface area contributed by atoms with Crippen molar-refractivity contribution in [2.75, 3.05) is 11.9 Å².